The van der Waals surface area contributed by atoms with Gasteiger partial charge in [-0.3, -0.25) is 4.68 Å². The summed E-state index contributed by atoms with van der Waals surface area (Å²) in [4.78, 5) is 8.67. The predicted octanol–water partition coefficient (Wildman–Crippen LogP) is 1.77. The van der Waals surface area contributed by atoms with Crippen LogP contribution in [-0.2, 0) is 20.0 Å². The molecule has 0 saturated heterocycles. The minimum absolute atomic E-state index is 0.493. The molecule has 0 amide bonds. The smallest absolute Gasteiger partial charge is 0.191 e. The first-order valence-electron chi connectivity index (χ1n) is 7.28. The molecule has 6 nitrogen and oxygen atoms in total. The minimum Gasteiger partial charge on any atom is -0.357 e. The molecule has 0 spiro atoms. The molecular weight excluding hydrogens is 300 g/mol. The summed E-state index contributed by atoms with van der Waals surface area (Å²) in [5, 5.41) is 11.3. The summed E-state index contributed by atoms with van der Waals surface area (Å²) in [6, 6.07) is 7.88. The number of aromatic nitrogens is 3. The molecule has 0 fully saturated rings. The third kappa shape index (κ3) is 5.04. The molecule has 0 bridgehead atoms. The van der Waals surface area contributed by atoms with Crippen molar-refractivity contribution in [3.05, 3.63) is 47.0 Å². The normalized spacial score (nSPS) is 11.5. The van der Waals surface area contributed by atoms with Gasteiger partial charge in [0.1, 0.15) is 18.7 Å². The number of aliphatic imine (C=N–C) groups is 1. The van der Waals surface area contributed by atoms with E-state index in [-0.39, 0.29) is 0 Å². The quantitative estimate of drug-likeness (QED) is 0.629. The second-order valence-electron chi connectivity index (χ2n) is 4.80. The van der Waals surface area contributed by atoms with Gasteiger partial charge >= 0.3 is 0 Å². The van der Waals surface area contributed by atoms with Gasteiger partial charge in [0, 0.05) is 25.2 Å². The highest BCUT2D eigenvalue weighted by Gasteiger charge is 2.01. The van der Waals surface area contributed by atoms with Crippen molar-refractivity contribution in [3.8, 4) is 0 Å². The van der Waals surface area contributed by atoms with E-state index in [1.54, 1.807) is 4.68 Å². The lowest BCUT2D eigenvalue weighted by Crippen LogP contribution is -2.38. The zero-order valence-electron chi connectivity index (χ0n) is 12.9. The fourth-order valence-corrected chi connectivity index (χ4v) is 2.06. The highest BCUT2D eigenvalue weighted by Crippen LogP contribution is 2.09. The molecule has 1 aromatic heterocycles. The van der Waals surface area contributed by atoms with Crippen LogP contribution in [0.5, 0.6) is 0 Å². The first kappa shape index (κ1) is 16.3. The van der Waals surface area contributed by atoms with E-state index >= 15 is 0 Å². The highest BCUT2D eigenvalue weighted by molar-refractivity contribution is 6.30. The van der Waals surface area contributed by atoms with E-state index in [2.05, 4.69) is 25.7 Å². The summed E-state index contributed by atoms with van der Waals surface area (Å²) in [6.07, 6.45) is 2.44. The lowest BCUT2D eigenvalue weighted by molar-refractivity contribution is 0.697. The molecule has 1 aromatic carbocycles. The number of aryl methyl sites for hydroxylation is 1. The van der Waals surface area contributed by atoms with Gasteiger partial charge in [-0.2, -0.15) is 5.10 Å². The highest BCUT2D eigenvalue weighted by atomic mass is 35.5. The molecule has 0 aliphatic heterocycles. The Morgan fingerprint density at radius 3 is 2.68 bits per heavy atom. The molecule has 118 valence electrons. The molecule has 0 atom stereocenters. The second kappa shape index (κ2) is 8.38. The molecule has 0 aliphatic rings. The fourth-order valence-electron chi connectivity index (χ4n) is 1.93. The Morgan fingerprint density at radius 2 is 2.05 bits per heavy atom. The predicted molar refractivity (Wildman–Crippen MR) is 89.0 cm³/mol. The molecular formula is C15H21ClN6. The van der Waals surface area contributed by atoms with E-state index in [1.807, 2.05) is 38.2 Å². The van der Waals surface area contributed by atoms with Gasteiger partial charge in [0.15, 0.2) is 5.96 Å². The maximum atomic E-state index is 5.88. The molecule has 22 heavy (non-hydrogen) atoms. The average molecular weight is 321 g/mol. The zero-order chi connectivity index (χ0) is 15.8. The van der Waals surface area contributed by atoms with Crippen molar-refractivity contribution in [2.24, 2.45) is 12.0 Å². The Bertz CT molecular complexity index is 605. The van der Waals surface area contributed by atoms with E-state index in [0.717, 1.165) is 36.3 Å². The lowest BCUT2D eigenvalue weighted by Gasteiger charge is -2.11. The molecule has 2 rings (SSSR count). The van der Waals surface area contributed by atoms with Gasteiger partial charge in [-0.25, -0.2) is 9.98 Å². The number of nitrogens with one attached hydrogen (secondary N) is 2. The number of halogens is 1. The summed E-state index contributed by atoms with van der Waals surface area (Å²) in [5.74, 6) is 1.61. The topological polar surface area (TPSA) is 67.1 Å². The van der Waals surface area contributed by atoms with Crippen LogP contribution in [0, 0.1) is 0 Å². The molecule has 2 N–H and O–H groups in total. The van der Waals surface area contributed by atoms with Crippen molar-refractivity contribution in [3.63, 3.8) is 0 Å². The monoisotopic (exact) mass is 320 g/mol. The Labute approximate surface area is 135 Å². The van der Waals surface area contributed by atoms with Crippen molar-refractivity contribution in [2.75, 3.05) is 13.1 Å². The second-order valence-corrected chi connectivity index (χ2v) is 5.23. The van der Waals surface area contributed by atoms with Crippen LogP contribution < -0.4 is 10.6 Å². The van der Waals surface area contributed by atoms with Crippen molar-refractivity contribution >= 4 is 17.6 Å². The number of benzene rings is 1. The Hall–Kier alpha value is -2.08. The number of hydrogen-bond donors (Lipinski definition) is 2. The number of hydrogen-bond acceptors (Lipinski definition) is 3. The van der Waals surface area contributed by atoms with E-state index in [0.29, 0.717) is 6.54 Å². The lowest BCUT2D eigenvalue weighted by atomic mass is 10.1. The van der Waals surface area contributed by atoms with Crippen molar-refractivity contribution < 1.29 is 0 Å². The van der Waals surface area contributed by atoms with Gasteiger partial charge in [-0.05, 0) is 31.0 Å². The van der Waals surface area contributed by atoms with Gasteiger partial charge in [-0.1, -0.05) is 23.7 Å². The van der Waals surface area contributed by atoms with E-state index in [4.69, 9.17) is 11.6 Å². The van der Waals surface area contributed by atoms with Crippen LogP contribution in [0.4, 0.5) is 0 Å². The van der Waals surface area contributed by atoms with Crippen LogP contribution in [0.15, 0.2) is 35.6 Å². The van der Waals surface area contributed by atoms with Crippen molar-refractivity contribution in [1.29, 1.82) is 0 Å². The van der Waals surface area contributed by atoms with Gasteiger partial charge in [0.2, 0.25) is 0 Å². The Morgan fingerprint density at radius 1 is 1.27 bits per heavy atom. The molecule has 2 aromatic rings. The molecule has 0 aliphatic carbocycles. The standard InChI is InChI=1S/C15H21ClN6/c1-3-17-15(19-10-14-20-11-21-22(14)2)18-9-8-12-4-6-13(16)7-5-12/h4-7,11H,3,8-10H2,1-2H3,(H2,17,18,19). The van der Waals surface area contributed by atoms with Crippen LogP contribution in [-0.4, -0.2) is 33.8 Å². The summed E-state index contributed by atoms with van der Waals surface area (Å²) in [5.41, 5.74) is 1.24. The van der Waals surface area contributed by atoms with Crippen molar-refractivity contribution in [2.45, 2.75) is 19.9 Å². The van der Waals surface area contributed by atoms with E-state index in [9.17, 15) is 0 Å². The molecule has 0 radical (unpaired) electrons. The maximum absolute atomic E-state index is 5.88. The van der Waals surface area contributed by atoms with Gasteiger partial charge in [0.05, 0.1) is 0 Å². The van der Waals surface area contributed by atoms with Crippen LogP contribution in [0.1, 0.15) is 18.3 Å². The van der Waals surface area contributed by atoms with Crippen LogP contribution in [0.3, 0.4) is 0 Å². The van der Waals surface area contributed by atoms with Gasteiger partial charge < -0.3 is 10.6 Å². The first-order chi connectivity index (χ1) is 10.7. The third-order valence-electron chi connectivity index (χ3n) is 3.15. The largest absolute Gasteiger partial charge is 0.357 e. The maximum Gasteiger partial charge on any atom is 0.191 e. The number of nitrogens with zero attached hydrogens (tertiary/aromatic N) is 4. The third-order valence-corrected chi connectivity index (χ3v) is 3.40. The van der Waals surface area contributed by atoms with Crippen LogP contribution in [0.2, 0.25) is 5.02 Å². The SMILES string of the molecule is CCNC(=NCc1ncnn1C)NCCc1ccc(Cl)cc1. The number of guanidine groups is 1. The van der Waals surface area contributed by atoms with Gasteiger partial charge in [-0.15, -0.1) is 0 Å². The van der Waals surface area contributed by atoms with E-state index < -0.39 is 0 Å². The summed E-state index contributed by atoms with van der Waals surface area (Å²) in [6.45, 7) is 4.14. The molecule has 0 unspecified atom stereocenters. The number of rotatable bonds is 6. The van der Waals surface area contributed by atoms with E-state index in [1.165, 1.54) is 11.9 Å². The summed E-state index contributed by atoms with van der Waals surface area (Å²) >= 11 is 5.88. The summed E-state index contributed by atoms with van der Waals surface area (Å²) < 4.78 is 1.72. The van der Waals surface area contributed by atoms with Crippen LogP contribution in [0.25, 0.3) is 0 Å². The average Bonchev–Trinajstić information content (AvgIpc) is 2.92. The van der Waals surface area contributed by atoms with Crippen LogP contribution >= 0.6 is 11.6 Å². The molecule has 0 saturated carbocycles. The van der Waals surface area contributed by atoms with Gasteiger partial charge in [0.25, 0.3) is 0 Å². The minimum atomic E-state index is 0.493. The zero-order valence-corrected chi connectivity index (χ0v) is 13.6. The Balaban J connectivity index is 1.85. The van der Waals surface area contributed by atoms with Crippen molar-refractivity contribution in [1.82, 2.24) is 25.4 Å². The molecule has 1 heterocycles. The first-order valence-corrected chi connectivity index (χ1v) is 7.66. The Kier molecular flexibility index (Phi) is 6.21. The fraction of sp³-hybridized carbons (Fsp3) is 0.400. The summed E-state index contributed by atoms with van der Waals surface area (Å²) in [7, 11) is 1.86. The molecule has 7 heteroatoms.